The fourth-order valence-electron chi connectivity index (χ4n) is 2.32. The first-order chi connectivity index (χ1) is 9.72. The molecule has 0 atom stereocenters. The van der Waals surface area contributed by atoms with E-state index in [1.807, 2.05) is 25.1 Å². The Morgan fingerprint density at radius 3 is 2.95 bits per heavy atom. The van der Waals surface area contributed by atoms with Crippen molar-refractivity contribution < 1.29 is 4.52 Å². The van der Waals surface area contributed by atoms with E-state index in [1.165, 1.54) is 0 Å². The second kappa shape index (κ2) is 6.03. The second-order valence-corrected chi connectivity index (χ2v) is 5.92. The average molecular weight is 337 g/mol. The lowest BCUT2D eigenvalue weighted by Crippen LogP contribution is -2.43. The van der Waals surface area contributed by atoms with E-state index >= 15 is 0 Å². The van der Waals surface area contributed by atoms with Crippen LogP contribution in [0, 0.1) is 6.92 Å². The van der Waals surface area contributed by atoms with Crippen LogP contribution in [0.25, 0.3) is 11.5 Å². The molecule has 5 nitrogen and oxygen atoms in total. The summed E-state index contributed by atoms with van der Waals surface area (Å²) in [6.07, 6.45) is 0. The van der Waals surface area contributed by atoms with Crippen molar-refractivity contribution >= 4 is 15.9 Å². The second-order valence-electron chi connectivity index (χ2n) is 5.00. The topological polar surface area (TPSA) is 54.2 Å². The summed E-state index contributed by atoms with van der Waals surface area (Å²) in [7, 11) is 0. The van der Waals surface area contributed by atoms with Gasteiger partial charge in [0, 0.05) is 36.2 Å². The maximum Gasteiger partial charge on any atom is 0.258 e. The molecular formula is C14H17BrN4O. The van der Waals surface area contributed by atoms with Gasteiger partial charge in [-0.05, 0) is 24.6 Å². The van der Waals surface area contributed by atoms with Crippen molar-refractivity contribution in [2.75, 3.05) is 26.2 Å². The fraction of sp³-hybridized carbons (Fsp3) is 0.429. The summed E-state index contributed by atoms with van der Waals surface area (Å²) in [5, 5.41) is 7.43. The van der Waals surface area contributed by atoms with Crippen molar-refractivity contribution in [2.24, 2.45) is 0 Å². The molecular weight excluding hydrogens is 320 g/mol. The van der Waals surface area contributed by atoms with Gasteiger partial charge in [-0.25, -0.2) is 0 Å². The van der Waals surface area contributed by atoms with E-state index in [9.17, 15) is 0 Å². The maximum atomic E-state index is 5.40. The van der Waals surface area contributed by atoms with E-state index in [-0.39, 0.29) is 0 Å². The van der Waals surface area contributed by atoms with Crippen LogP contribution in [0.1, 0.15) is 11.4 Å². The van der Waals surface area contributed by atoms with Crippen LogP contribution in [0.4, 0.5) is 0 Å². The van der Waals surface area contributed by atoms with Crippen molar-refractivity contribution in [2.45, 2.75) is 13.5 Å². The van der Waals surface area contributed by atoms with Crippen molar-refractivity contribution in [1.82, 2.24) is 20.4 Å². The van der Waals surface area contributed by atoms with E-state index in [0.29, 0.717) is 5.89 Å². The molecule has 0 spiro atoms. The van der Waals surface area contributed by atoms with Gasteiger partial charge >= 0.3 is 0 Å². The van der Waals surface area contributed by atoms with Crippen LogP contribution in [0.5, 0.6) is 0 Å². The number of hydrogen-bond donors (Lipinski definition) is 1. The van der Waals surface area contributed by atoms with E-state index in [4.69, 9.17) is 4.52 Å². The van der Waals surface area contributed by atoms with Crippen molar-refractivity contribution in [3.05, 3.63) is 34.1 Å². The Kier molecular flexibility index (Phi) is 4.14. The van der Waals surface area contributed by atoms with Crippen LogP contribution in [-0.2, 0) is 6.54 Å². The summed E-state index contributed by atoms with van der Waals surface area (Å²) < 4.78 is 6.42. The molecule has 20 heavy (non-hydrogen) atoms. The molecule has 0 bridgehead atoms. The molecule has 1 aliphatic rings. The zero-order valence-corrected chi connectivity index (χ0v) is 13.0. The highest BCUT2D eigenvalue weighted by atomic mass is 79.9. The van der Waals surface area contributed by atoms with Crippen LogP contribution >= 0.6 is 15.9 Å². The number of benzene rings is 1. The largest absolute Gasteiger partial charge is 0.334 e. The third-order valence-electron chi connectivity index (χ3n) is 3.47. The van der Waals surface area contributed by atoms with E-state index in [0.717, 1.165) is 54.1 Å². The molecule has 0 unspecified atom stereocenters. The maximum absolute atomic E-state index is 5.40. The summed E-state index contributed by atoms with van der Waals surface area (Å²) >= 11 is 3.48. The van der Waals surface area contributed by atoms with Gasteiger partial charge in [0.15, 0.2) is 5.82 Å². The number of hydrogen-bond acceptors (Lipinski definition) is 5. The summed E-state index contributed by atoms with van der Waals surface area (Å²) in [6.45, 7) is 6.89. The smallest absolute Gasteiger partial charge is 0.258 e. The van der Waals surface area contributed by atoms with Crippen molar-refractivity contribution in [1.29, 1.82) is 0 Å². The first-order valence-corrected chi connectivity index (χ1v) is 7.54. The molecule has 1 aliphatic heterocycles. The number of nitrogens with zero attached hydrogens (tertiary/aromatic N) is 3. The van der Waals surface area contributed by atoms with Gasteiger partial charge in [-0.2, -0.15) is 4.98 Å². The lowest BCUT2D eigenvalue weighted by molar-refractivity contribution is 0.225. The predicted molar refractivity (Wildman–Crippen MR) is 80.3 cm³/mol. The Bertz CT molecular complexity index is 593. The Morgan fingerprint density at radius 1 is 1.35 bits per heavy atom. The molecule has 0 aliphatic carbocycles. The standard InChI is InChI=1S/C14H17BrN4O/c1-10-2-3-11(15)8-12(10)14-17-13(18-20-14)9-19-6-4-16-5-7-19/h2-3,8,16H,4-7,9H2,1H3. The van der Waals surface area contributed by atoms with Crippen LogP contribution in [0.15, 0.2) is 27.2 Å². The number of halogens is 1. The lowest BCUT2D eigenvalue weighted by Gasteiger charge is -2.25. The fourth-order valence-corrected chi connectivity index (χ4v) is 2.68. The normalized spacial score (nSPS) is 16.5. The van der Waals surface area contributed by atoms with Crippen molar-refractivity contribution in [3.8, 4) is 11.5 Å². The SMILES string of the molecule is Cc1ccc(Br)cc1-c1nc(CN2CCNCC2)no1. The van der Waals surface area contributed by atoms with Crippen LogP contribution in [0.3, 0.4) is 0 Å². The molecule has 1 fully saturated rings. The molecule has 106 valence electrons. The minimum Gasteiger partial charge on any atom is -0.334 e. The molecule has 1 aromatic heterocycles. The summed E-state index contributed by atoms with van der Waals surface area (Å²) in [5.74, 6) is 1.34. The van der Waals surface area contributed by atoms with Gasteiger partial charge in [0.05, 0.1) is 6.54 Å². The van der Waals surface area contributed by atoms with Crippen LogP contribution in [-0.4, -0.2) is 41.2 Å². The minimum absolute atomic E-state index is 0.592. The van der Waals surface area contributed by atoms with E-state index in [2.05, 4.69) is 36.3 Å². The molecule has 0 amide bonds. The highest BCUT2D eigenvalue weighted by Crippen LogP contribution is 2.25. The molecule has 2 aromatic rings. The highest BCUT2D eigenvalue weighted by molar-refractivity contribution is 9.10. The minimum atomic E-state index is 0.592. The van der Waals surface area contributed by atoms with E-state index < -0.39 is 0 Å². The lowest BCUT2D eigenvalue weighted by atomic mass is 10.1. The summed E-state index contributed by atoms with van der Waals surface area (Å²) in [5.41, 5.74) is 2.11. The highest BCUT2D eigenvalue weighted by Gasteiger charge is 2.15. The molecule has 1 saturated heterocycles. The number of aryl methyl sites for hydroxylation is 1. The van der Waals surface area contributed by atoms with E-state index in [1.54, 1.807) is 0 Å². The summed E-state index contributed by atoms with van der Waals surface area (Å²) in [4.78, 5) is 6.85. The molecule has 1 N–H and O–H groups in total. The van der Waals surface area contributed by atoms with Gasteiger partial charge in [0.1, 0.15) is 0 Å². The number of aromatic nitrogens is 2. The Morgan fingerprint density at radius 2 is 2.15 bits per heavy atom. The van der Waals surface area contributed by atoms with Gasteiger partial charge in [0.2, 0.25) is 0 Å². The molecule has 0 radical (unpaired) electrons. The molecule has 2 heterocycles. The molecule has 6 heteroatoms. The van der Waals surface area contributed by atoms with Crippen LogP contribution < -0.4 is 5.32 Å². The zero-order valence-electron chi connectivity index (χ0n) is 11.4. The zero-order chi connectivity index (χ0) is 13.9. The number of rotatable bonds is 3. The monoisotopic (exact) mass is 336 g/mol. The summed E-state index contributed by atoms with van der Waals surface area (Å²) in [6, 6.07) is 6.06. The molecule has 1 aromatic carbocycles. The Labute approximate surface area is 126 Å². The molecule has 0 saturated carbocycles. The van der Waals surface area contributed by atoms with Crippen molar-refractivity contribution in [3.63, 3.8) is 0 Å². The van der Waals surface area contributed by atoms with Gasteiger partial charge in [-0.3, -0.25) is 4.90 Å². The number of piperazine rings is 1. The average Bonchev–Trinajstić information content (AvgIpc) is 2.91. The first kappa shape index (κ1) is 13.7. The third kappa shape index (κ3) is 3.08. The third-order valence-corrected chi connectivity index (χ3v) is 3.97. The Hall–Kier alpha value is -1.24. The van der Waals surface area contributed by atoms with Gasteiger partial charge in [0.25, 0.3) is 5.89 Å². The number of nitrogens with one attached hydrogen (secondary N) is 1. The van der Waals surface area contributed by atoms with Gasteiger partial charge < -0.3 is 9.84 Å². The predicted octanol–water partition coefficient (Wildman–Crippen LogP) is 2.21. The Balaban J connectivity index is 1.77. The van der Waals surface area contributed by atoms with Gasteiger partial charge in [-0.1, -0.05) is 27.2 Å². The molecule has 3 rings (SSSR count). The quantitative estimate of drug-likeness (QED) is 0.931. The van der Waals surface area contributed by atoms with Crippen LogP contribution in [0.2, 0.25) is 0 Å². The van der Waals surface area contributed by atoms with Gasteiger partial charge in [-0.15, -0.1) is 0 Å². The first-order valence-electron chi connectivity index (χ1n) is 6.74.